The number of alkyl carbamates (subject to hydrolysis) is 1. The zero-order valence-electron chi connectivity index (χ0n) is 21.4. The number of carbonyl (C=O) groups is 1. The average Bonchev–Trinajstić information content (AvgIpc) is 3.12. The van der Waals surface area contributed by atoms with Crippen molar-refractivity contribution >= 4 is 17.0 Å². The van der Waals surface area contributed by atoms with Crippen LogP contribution in [0.5, 0.6) is 0 Å². The van der Waals surface area contributed by atoms with Gasteiger partial charge in [-0.2, -0.15) is 0 Å². The van der Waals surface area contributed by atoms with E-state index in [1.165, 1.54) is 12.1 Å². The number of ether oxygens (including phenoxy) is 1. The van der Waals surface area contributed by atoms with Crippen LogP contribution in [0.3, 0.4) is 0 Å². The lowest BCUT2D eigenvalue weighted by molar-refractivity contribution is 0.177. The van der Waals surface area contributed by atoms with Crippen LogP contribution < -0.4 is 5.31 Å². The number of rotatable bonds is 5. The third-order valence-electron chi connectivity index (χ3n) is 3.06. The number of benzene rings is 1. The van der Waals surface area contributed by atoms with Gasteiger partial charge in [-0.3, -0.25) is 0 Å². The minimum Gasteiger partial charge on any atom is -0.447 e. The Morgan fingerprint density at radius 2 is 2.57 bits per heavy atom. The summed E-state index contributed by atoms with van der Waals surface area (Å²) in [6.07, 6.45) is -2.82. The minimum absolute atomic E-state index is 0.119. The molecule has 3 rings (SSSR count). The molecule has 0 unspecified atom stereocenters. The van der Waals surface area contributed by atoms with Gasteiger partial charge >= 0.3 is 6.09 Å². The second-order valence-electron chi connectivity index (χ2n) is 4.73. The molecule has 112 valence electrons. The Kier molecular flexibility index (Phi) is 1.76. The fourth-order valence-corrected chi connectivity index (χ4v) is 2.13. The zero-order valence-corrected chi connectivity index (χ0v) is 11.4. The summed E-state index contributed by atoms with van der Waals surface area (Å²) < 4.78 is 84.4. The van der Waals surface area contributed by atoms with E-state index in [0.717, 1.165) is 18.2 Å². The fourth-order valence-electron chi connectivity index (χ4n) is 2.13. The number of aromatic nitrogens is 1. The maximum atomic E-state index is 11.5. The summed E-state index contributed by atoms with van der Waals surface area (Å²) in [6.45, 7) is -6.18. The van der Waals surface area contributed by atoms with Gasteiger partial charge in [0.2, 0.25) is 0 Å². The first-order chi connectivity index (χ1) is 14.0. The number of fused-ring (bicyclic) bond motifs is 1. The van der Waals surface area contributed by atoms with Crippen LogP contribution in [-0.4, -0.2) is 49.1 Å². The van der Waals surface area contributed by atoms with Crippen molar-refractivity contribution in [1.82, 2.24) is 15.2 Å². The number of H-pyrrole nitrogens is 1. The quantitative estimate of drug-likeness (QED) is 0.886. The number of carbonyl (C=O) groups excluding carboxylic acids is 1. The van der Waals surface area contributed by atoms with E-state index >= 15 is 0 Å². The maximum absolute atomic E-state index is 11.5. The Balaban J connectivity index is 2.07. The summed E-state index contributed by atoms with van der Waals surface area (Å²) in [4.78, 5) is 12.6. The molecule has 1 aliphatic heterocycles. The Morgan fingerprint density at radius 3 is 3.33 bits per heavy atom. The normalized spacial score (nSPS) is 31.1. The van der Waals surface area contributed by atoms with Crippen LogP contribution in [0.1, 0.15) is 22.1 Å². The molecule has 5 heteroatoms. The molecule has 1 fully saturated rings. The van der Waals surface area contributed by atoms with Gasteiger partial charge in [0, 0.05) is 33.2 Å². The van der Waals surface area contributed by atoms with E-state index in [9.17, 15) is 4.79 Å². The molecule has 1 aliphatic rings. The molecule has 1 amide bonds. The fraction of sp³-hybridized carbons (Fsp3) is 0.438. The predicted octanol–water partition coefficient (Wildman–Crippen LogP) is 1.92. The number of likely N-dealkylation sites (N-methyl/N-ethyl adjacent to an activating group) is 1. The molecule has 21 heavy (non-hydrogen) atoms. The van der Waals surface area contributed by atoms with Gasteiger partial charge < -0.3 is 19.9 Å². The van der Waals surface area contributed by atoms with Crippen LogP contribution in [0, 0.1) is 0 Å². The van der Waals surface area contributed by atoms with Gasteiger partial charge in [0.25, 0.3) is 0 Å². The van der Waals surface area contributed by atoms with E-state index in [1.807, 2.05) is 0 Å². The molecule has 1 saturated heterocycles. The van der Waals surface area contributed by atoms with Crippen molar-refractivity contribution in [1.29, 1.82) is 0 Å². The summed E-state index contributed by atoms with van der Waals surface area (Å²) >= 11 is 0. The Hall–Kier alpha value is -2.01. The summed E-state index contributed by atoms with van der Waals surface area (Å²) in [6, 6.07) is 2.80. The van der Waals surface area contributed by atoms with Crippen molar-refractivity contribution in [3.63, 3.8) is 0 Å². The highest BCUT2D eigenvalue weighted by Crippen LogP contribution is 2.21. The monoisotopic (exact) mass is 297 g/mol. The lowest BCUT2D eigenvalue weighted by Gasteiger charge is -2.09. The summed E-state index contributed by atoms with van der Waals surface area (Å²) in [5, 5.41) is 0.572. The summed E-state index contributed by atoms with van der Waals surface area (Å²) in [5.41, 5.74) is 0.447. The first-order valence-corrected chi connectivity index (χ1v) is 6.36. The van der Waals surface area contributed by atoms with Gasteiger partial charge in [0.15, 0.2) is 2.82 Å². The van der Waals surface area contributed by atoms with E-state index in [1.54, 1.807) is 6.07 Å². The van der Waals surface area contributed by atoms with Gasteiger partial charge in [0.1, 0.15) is 6.61 Å². The Bertz CT molecular complexity index is 1020. The van der Waals surface area contributed by atoms with E-state index in [-0.39, 0.29) is 29.5 Å². The summed E-state index contributed by atoms with van der Waals surface area (Å²) in [7, 11) is 0.958. The molecular formula is C16H21N3O2. The van der Waals surface area contributed by atoms with Crippen LogP contribution in [0.4, 0.5) is 4.79 Å². The highest BCUT2D eigenvalue weighted by Gasteiger charge is 2.22. The van der Waals surface area contributed by atoms with Gasteiger partial charge in [-0.05, 0) is 50.1 Å². The van der Waals surface area contributed by atoms with Gasteiger partial charge in [-0.1, -0.05) is 6.07 Å². The summed E-state index contributed by atoms with van der Waals surface area (Å²) in [5.74, 6) is 0. The van der Waals surface area contributed by atoms with Crippen LogP contribution >= 0.6 is 0 Å². The van der Waals surface area contributed by atoms with E-state index in [4.69, 9.17) is 18.5 Å². The SMILES string of the molecule is [2H]N1C(=O)OC[C@]1([2H])Cc1ccc2c(c1)c(C([2H])([2H])C([2H])([2H])N(C)C([2H])([2H])[2H])cn2[2H]. The first-order valence-electron chi connectivity index (χ1n) is 11.3. The second kappa shape index (κ2) is 5.77. The molecule has 5 nitrogen and oxygen atoms in total. The average molecular weight is 297 g/mol. The highest BCUT2D eigenvalue weighted by atomic mass is 16.6. The smallest absolute Gasteiger partial charge is 0.407 e. The molecule has 2 N–H and O–H groups in total. The number of hydrogen-bond donors (Lipinski definition) is 2. The first kappa shape index (κ1) is 6.40. The van der Waals surface area contributed by atoms with Crippen molar-refractivity contribution in [3.8, 4) is 0 Å². The molecule has 2 heterocycles. The topological polar surface area (TPSA) is 57.4 Å². The molecule has 0 spiro atoms. The molecule has 1 atom stereocenters. The number of nitrogens with one attached hydrogen (secondary N) is 2. The molecule has 0 aliphatic carbocycles. The number of aromatic amines is 1. The van der Waals surface area contributed by atoms with Crippen LogP contribution in [0.15, 0.2) is 24.4 Å². The Labute approximate surface area is 138 Å². The van der Waals surface area contributed by atoms with Gasteiger partial charge in [0.05, 0.1) is 7.39 Å². The second-order valence-corrected chi connectivity index (χ2v) is 4.73. The Morgan fingerprint density at radius 1 is 1.67 bits per heavy atom. The lowest BCUT2D eigenvalue weighted by Crippen LogP contribution is -2.28. The largest absolute Gasteiger partial charge is 0.447 e. The minimum atomic E-state index is -2.96. The highest BCUT2D eigenvalue weighted by molar-refractivity contribution is 5.84. The zero-order chi connectivity index (χ0) is 23.6. The predicted molar refractivity (Wildman–Crippen MR) is 82.5 cm³/mol. The number of amides is 1. The lowest BCUT2D eigenvalue weighted by atomic mass is 10.0. The number of nitrogens with zero attached hydrogens (tertiary/aromatic N) is 1. The maximum Gasteiger partial charge on any atom is 0.407 e. The van der Waals surface area contributed by atoms with Crippen LogP contribution in [0.25, 0.3) is 10.9 Å². The van der Waals surface area contributed by atoms with Crippen molar-refractivity contribution in [2.45, 2.75) is 18.8 Å². The standard InChI is InChI=1S/C16H21N3O2/c1-19(2)6-5-12-9-17-15-4-3-11(8-14(12)15)7-13-10-21-16(20)18-13/h3-4,8-9,13,17H,5-7,10H2,1-2H3,(H,18,20)/t13-/m0/s1/i1D3,5D2,6D2,13D/hD2. The molecule has 0 bridgehead atoms. The molecule has 1 aromatic heterocycles. The number of hydrogen-bond acceptors (Lipinski definition) is 3. The van der Waals surface area contributed by atoms with Crippen molar-refractivity contribution < 1.29 is 23.3 Å². The van der Waals surface area contributed by atoms with Crippen molar-refractivity contribution in [2.75, 3.05) is 27.1 Å². The van der Waals surface area contributed by atoms with Crippen molar-refractivity contribution in [3.05, 3.63) is 35.5 Å². The van der Waals surface area contributed by atoms with E-state index < -0.39 is 32.0 Å². The van der Waals surface area contributed by atoms with Crippen LogP contribution in [0.2, 0.25) is 2.82 Å². The van der Waals surface area contributed by atoms with Gasteiger partial charge in [-0.15, -0.1) is 0 Å². The molecule has 0 radical (unpaired) electrons. The molecule has 1 aromatic carbocycles. The molecule has 0 saturated carbocycles. The number of cyclic esters (lactones) is 1. The third kappa shape index (κ3) is 3.19. The van der Waals surface area contributed by atoms with Gasteiger partial charge in [-0.25, -0.2) is 4.79 Å². The third-order valence-corrected chi connectivity index (χ3v) is 3.06. The number of aryl methyl sites for hydroxylation is 1. The van der Waals surface area contributed by atoms with E-state index in [0.29, 0.717) is 15.8 Å². The van der Waals surface area contributed by atoms with Crippen molar-refractivity contribution in [2.24, 2.45) is 0 Å². The molecular weight excluding hydrogens is 266 g/mol. The molecule has 2 aromatic rings. The van der Waals surface area contributed by atoms with Crippen LogP contribution in [-0.2, 0) is 17.5 Å². The van der Waals surface area contributed by atoms with E-state index in [2.05, 4.69) is 0 Å².